The highest BCUT2D eigenvalue weighted by atomic mass is 32.2. The molecule has 2 rings (SSSR count). The maximum Gasteiger partial charge on any atom is 0.257 e. The van der Waals surface area contributed by atoms with Gasteiger partial charge in [-0.05, 0) is 19.1 Å². The van der Waals surface area contributed by atoms with Crippen molar-refractivity contribution in [3.63, 3.8) is 0 Å². The molecule has 0 amide bonds. The first-order chi connectivity index (χ1) is 8.51. The Bertz CT molecular complexity index is 628. The molecule has 5 nitrogen and oxygen atoms in total. The standard InChI is InChI=1S/C11H15N3O2S2/c1-3-10-12-7-11(14-10)18(15,16)13-6-9-5-4-8(2)17-9/h4-5,7,13H,3,6H2,1-2H3,(H,12,14). The number of H-pyrrole nitrogens is 1. The van der Waals surface area contributed by atoms with Gasteiger partial charge in [0.15, 0.2) is 5.03 Å². The molecule has 2 aromatic rings. The average molecular weight is 285 g/mol. The average Bonchev–Trinajstić information content (AvgIpc) is 2.95. The summed E-state index contributed by atoms with van der Waals surface area (Å²) in [4.78, 5) is 8.93. The van der Waals surface area contributed by atoms with Gasteiger partial charge in [-0.3, -0.25) is 0 Å². The fraction of sp³-hybridized carbons (Fsp3) is 0.364. The fourth-order valence-electron chi connectivity index (χ4n) is 1.48. The van der Waals surface area contributed by atoms with Crippen LogP contribution in [0.15, 0.2) is 23.4 Å². The summed E-state index contributed by atoms with van der Waals surface area (Å²) in [5.41, 5.74) is 0. The number of thiophene rings is 1. The van der Waals surface area contributed by atoms with Crippen LogP contribution < -0.4 is 4.72 Å². The molecule has 0 aliphatic carbocycles. The van der Waals surface area contributed by atoms with E-state index >= 15 is 0 Å². The molecule has 0 spiro atoms. The van der Waals surface area contributed by atoms with Crippen LogP contribution in [0.4, 0.5) is 0 Å². The Morgan fingerprint density at radius 1 is 1.44 bits per heavy atom. The minimum Gasteiger partial charge on any atom is -0.332 e. The summed E-state index contributed by atoms with van der Waals surface area (Å²) in [6, 6.07) is 3.90. The van der Waals surface area contributed by atoms with E-state index in [9.17, 15) is 8.42 Å². The highest BCUT2D eigenvalue weighted by Crippen LogP contribution is 2.15. The molecule has 98 valence electrons. The van der Waals surface area contributed by atoms with E-state index in [4.69, 9.17) is 0 Å². The Labute approximate surface area is 110 Å². The molecule has 0 radical (unpaired) electrons. The molecule has 0 bridgehead atoms. The summed E-state index contributed by atoms with van der Waals surface area (Å²) in [7, 11) is -3.50. The largest absolute Gasteiger partial charge is 0.332 e. The number of aromatic nitrogens is 2. The van der Waals surface area contributed by atoms with E-state index in [-0.39, 0.29) is 5.03 Å². The first-order valence-electron chi connectivity index (χ1n) is 5.60. The maximum atomic E-state index is 12.0. The molecule has 0 aliphatic heterocycles. The molecule has 0 saturated carbocycles. The molecular formula is C11H15N3O2S2. The number of imidazole rings is 1. The molecule has 0 aromatic carbocycles. The predicted octanol–water partition coefficient (Wildman–Crippen LogP) is 1.82. The van der Waals surface area contributed by atoms with Gasteiger partial charge in [0, 0.05) is 22.7 Å². The minimum absolute atomic E-state index is 0.118. The fourth-order valence-corrected chi connectivity index (χ4v) is 3.35. The van der Waals surface area contributed by atoms with Gasteiger partial charge in [0.25, 0.3) is 10.0 Å². The zero-order valence-corrected chi connectivity index (χ0v) is 11.9. The van der Waals surface area contributed by atoms with E-state index in [1.54, 1.807) is 11.3 Å². The summed E-state index contributed by atoms with van der Waals surface area (Å²) in [6.07, 6.45) is 2.03. The summed E-state index contributed by atoms with van der Waals surface area (Å²) in [6.45, 7) is 4.21. The number of aromatic amines is 1. The van der Waals surface area contributed by atoms with Gasteiger partial charge in [-0.25, -0.2) is 18.1 Å². The Balaban J connectivity index is 2.07. The lowest BCUT2D eigenvalue weighted by molar-refractivity contribution is 0.578. The topological polar surface area (TPSA) is 74.8 Å². The monoisotopic (exact) mass is 285 g/mol. The van der Waals surface area contributed by atoms with E-state index in [0.717, 1.165) is 4.88 Å². The van der Waals surface area contributed by atoms with Crippen molar-refractivity contribution in [2.45, 2.75) is 31.8 Å². The van der Waals surface area contributed by atoms with Crippen molar-refractivity contribution in [2.24, 2.45) is 0 Å². The number of nitrogens with one attached hydrogen (secondary N) is 2. The van der Waals surface area contributed by atoms with Gasteiger partial charge < -0.3 is 4.98 Å². The first kappa shape index (κ1) is 13.3. The number of sulfonamides is 1. The summed E-state index contributed by atoms with van der Waals surface area (Å²) >= 11 is 1.58. The molecule has 0 saturated heterocycles. The predicted molar refractivity (Wildman–Crippen MR) is 71.0 cm³/mol. The normalized spacial score (nSPS) is 11.9. The van der Waals surface area contributed by atoms with Crippen LogP contribution >= 0.6 is 11.3 Å². The van der Waals surface area contributed by atoms with Crippen LogP contribution in [-0.2, 0) is 23.0 Å². The number of nitrogens with zero attached hydrogens (tertiary/aromatic N) is 1. The van der Waals surface area contributed by atoms with Crippen molar-refractivity contribution in [3.05, 3.63) is 33.9 Å². The van der Waals surface area contributed by atoms with Crippen molar-refractivity contribution in [3.8, 4) is 0 Å². The van der Waals surface area contributed by atoms with Crippen LogP contribution in [0.3, 0.4) is 0 Å². The lowest BCUT2D eigenvalue weighted by atomic mass is 10.4. The molecule has 18 heavy (non-hydrogen) atoms. The zero-order valence-electron chi connectivity index (χ0n) is 10.2. The quantitative estimate of drug-likeness (QED) is 0.880. The molecule has 2 aromatic heterocycles. The number of rotatable bonds is 5. The zero-order chi connectivity index (χ0) is 13.2. The van der Waals surface area contributed by atoms with Crippen molar-refractivity contribution in [1.29, 1.82) is 0 Å². The van der Waals surface area contributed by atoms with E-state index in [2.05, 4.69) is 14.7 Å². The van der Waals surface area contributed by atoms with Crippen LogP contribution in [-0.4, -0.2) is 18.4 Å². The molecule has 0 fully saturated rings. The number of aryl methyl sites for hydroxylation is 2. The molecule has 0 aliphatic rings. The second-order valence-corrected chi connectivity index (χ2v) is 6.99. The van der Waals surface area contributed by atoms with Gasteiger partial charge in [0.2, 0.25) is 0 Å². The van der Waals surface area contributed by atoms with Crippen LogP contribution in [0.25, 0.3) is 0 Å². The molecule has 2 heterocycles. The van der Waals surface area contributed by atoms with Gasteiger partial charge in [-0.1, -0.05) is 6.92 Å². The van der Waals surface area contributed by atoms with Crippen molar-refractivity contribution in [1.82, 2.24) is 14.7 Å². The van der Waals surface area contributed by atoms with Crippen LogP contribution in [0.1, 0.15) is 22.5 Å². The van der Waals surface area contributed by atoms with Gasteiger partial charge >= 0.3 is 0 Å². The molecule has 0 unspecified atom stereocenters. The van der Waals surface area contributed by atoms with Crippen molar-refractivity contribution < 1.29 is 8.42 Å². The lowest BCUT2D eigenvalue weighted by Gasteiger charge is -2.02. The van der Waals surface area contributed by atoms with Gasteiger partial charge in [-0.2, -0.15) is 0 Å². The van der Waals surface area contributed by atoms with Gasteiger partial charge in [-0.15, -0.1) is 11.3 Å². The van der Waals surface area contributed by atoms with Gasteiger partial charge in [0.1, 0.15) is 5.82 Å². The van der Waals surface area contributed by atoms with Crippen LogP contribution in [0.5, 0.6) is 0 Å². The Hall–Kier alpha value is -1.18. The molecule has 0 atom stereocenters. The third kappa shape index (κ3) is 2.98. The van der Waals surface area contributed by atoms with E-state index < -0.39 is 10.0 Å². The smallest absolute Gasteiger partial charge is 0.257 e. The Morgan fingerprint density at radius 3 is 2.78 bits per heavy atom. The summed E-state index contributed by atoms with van der Waals surface area (Å²) in [5, 5.41) is 0.118. The van der Waals surface area contributed by atoms with Gasteiger partial charge in [0.05, 0.1) is 6.20 Å². The van der Waals surface area contributed by atoms with Crippen LogP contribution in [0, 0.1) is 6.92 Å². The molecular weight excluding hydrogens is 270 g/mol. The summed E-state index contributed by atoms with van der Waals surface area (Å²) < 4.78 is 26.5. The second-order valence-electron chi connectivity index (χ2n) is 3.88. The molecule has 2 N–H and O–H groups in total. The van der Waals surface area contributed by atoms with Crippen molar-refractivity contribution in [2.75, 3.05) is 0 Å². The highest BCUT2D eigenvalue weighted by molar-refractivity contribution is 7.89. The molecule has 7 heteroatoms. The Kier molecular flexibility index (Phi) is 3.84. The van der Waals surface area contributed by atoms with E-state index in [0.29, 0.717) is 18.8 Å². The lowest BCUT2D eigenvalue weighted by Crippen LogP contribution is -2.23. The van der Waals surface area contributed by atoms with E-state index in [1.807, 2.05) is 26.0 Å². The third-order valence-electron chi connectivity index (χ3n) is 2.46. The first-order valence-corrected chi connectivity index (χ1v) is 7.90. The summed E-state index contributed by atoms with van der Waals surface area (Å²) in [5.74, 6) is 0.669. The second kappa shape index (κ2) is 5.21. The van der Waals surface area contributed by atoms with Crippen LogP contribution in [0.2, 0.25) is 0 Å². The maximum absolute atomic E-state index is 12.0. The van der Waals surface area contributed by atoms with E-state index in [1.165, 1.54) is 11.1 Å². The SMILES string of the molecule is CCc1ncc(S(=O)(=O)NCc2ccc(C)s2)[nH]1. The van der Waals surface area contributed by atoms with Crippen molar-refractivity contribution >= 4 is 21.4 Å². The highest BCUT2D eigenvalue weighted by Gasteiger charge is 2.16. The number of hydrogen-bond donors (Lipinski definition) is 2. The number of hydrogen-bond acceptors (Lipinski definition) is 4. The minimum atomic E-state index is -3.50. The Morgan fingerprint density at radius 2 is 2.22 bits per heavy atom. The third-order valence-corrected chi connectivity index (χ3v) is 4.77.